The summed E-state index contributed by atoms with van der Waals surface area (Å²) in [4.78, 5) is 2.77. The summed E-state index contributed by atoms with van der Waals surface area (Å²) in [7, 11) is 0. The van der Waals surface area contributed by atoms with Gasteiger partial charge in [-0.15, -0.1) is 0 Å². The fraction of sp³-hybridized carbons (Fsp3) is 1.00. The molecule has 2 aliphatic rings. The van der Waals surface area contributed by atoms with Crippen LogP contribution in [-0.2, 0) is 0 Å². The van der Waals surface area contributed by atoms with Gasteiger partial charge in [0.2, 0.25) is 0 Å². The van der Waals surface area contributed by atoms with E-state index in [-0.39, 0.29) is 0 Å². The monoisotopic (exact) mass is 270 g/mol. The van der Waals surface area contributed by atoms with Gasteiger partial charge in [0.25, 0.3) is 0 Å². The summed E-state index contributed by atoms with van der Waals surface area (Å²) in [6.07, 6.45) is 8.35. The van der Waals surface area contributed by atoms with Crippen LogP contribution in [0.15, 0.2) is 0 Å². The van der Waals surface area contributed by atoms with Crippen LogP contribution in [0.25, 0.3) is 0 Å². The van der Waals surface area contributed by atoms with Gasteiger partial charge in [-0.25, -0.2) is 0 Å². The summed E-state index contributed by atoms with van der Waals surface area (Å²) in [5.74, 6) is 2.59. The molecule has 1 heterocycles. The first kappa shape index (κ1) is 14.7. The Morgan fingerprint density at radius 3 is 2.78 bits per heavy atom. The summed E-state index contributed by atoms with van der Waals surface area (Å²) < 4.78 is 0. The lowest BCUT2D eigenvalue weighted by Gasteiger charge is -2.36. The van der Waals surface area contributed by atoms with Crippen molar-refractivity contribution in [1.29, 1.82) is 0 Å². The number of nitrogens with one attached hydrogen (secondary N) is 1. The van der Waals surface area contributed by atoms with Crippen molar-refractivity contribution in [2.45, 2.75) is 64.0 Å². The van der Waals surface area contributed by atoms with Gasteiger partial charge >= 0.3 is 0 Å². The van der Waals surface area contributed by atoms with Gasteiger partial charge in [-0.2, -0.15) is 11.8 Å². The number of hydrogen-bond acceptors (Lipinski definition) is 3. The van der Waals surface area contributed by atoms with E-state index in [4.69, 9.17) is 0 Å². The molecular weight excluding hydrogens is 240 g/mol. The highest BCUT2D eigenvalue weighted by Crippen LogP contribution is 2.32. The van der Waals surface area contributed by atoms with Crippen molar-refractivity contribution in [2.75, 3.05) is 31.1 Å². The summed E-state index contributed by atoms with van der Waals surface area (Å²) in [6, 6.07) is 0.765. The van der Waals surface area contributed by atoms with Gasteiger partial charge in [0.1, 0.15) is 0 Å². The molecule has 2 rings (SSSR count). The minimum absolute atomic E-state index is 0.475. The summed E-state index contributed by atoms with van der Waals surface area (Å²) in [6.45, 7) is 8.52. The SMILES string of the molecule is CCSCCC(C)N1CCCNC2(CCCC2)C1. The van der Waals surface area contributed by atoms with Crippen LogP contribution in [0.4, 0.5) is 0 Å². The normalized spacial score (nSPS) is 26.3. The fourth-order valence-electron chi connectivity index (χ4n) is 3.50. The summed E-state index contributed by atoms with van der Waals surface area (Å²) >= 11 is 2.09. The third kappa shape index (κ3) is 3.88. The number of hydrogen-bond donors (Lipinski definition) is 1. The third-order valence-electron chi connectivity index (χ3n) is 4.70. The molecule has 3 heteroatoms. The Bertz CT molecular complexity index is 239. The van der Waals surface area contributed by atoms with E-state index >= 15 is 0 Å². The van der Waals surface area contributed by atoms with E-state index in [2.05, 4.69) is 35.8 Å². The molecule has 0 aromatic carbocycles. The van der Waals surface area contributed by atoms with Gasteiger partial charge in [-0.1, -0.05) is 19.8 Å². The molecule has 1 atom stereocenters. The third-order valence-corrected chi connectivity index (χ3v) is 5.63. The zero-order valence-corrected chi connectivity index (χ0v) is 13.0. The molecule has 0 aromatic heterocycles. The van der Waals surface area contributed by atoms with Gasteiger partial charge < -0.3 is 5.32 Å². The quantitative estimate of drug-likeness (QED) is 0.773. The van der Waals surface area contributed by atoms with E-state index < -0.39 is 0 Å². The van der Waals surface area contributed by atoms with Gasteiger partial charge in [0.15, 0.2) is 0 Å². The lowest BCUT2D eigenvalue weighted by Crippen LogP contribution is -2.51. The topological polar surface area (TPSA) is 15.3 Å². The second-order valence-corrected chi connectivity index (χ2v) is 7.47. The number of nitrogens with zero attached hydrogens (tertiary/aromatic N) is 1. The minimum atomic E-state index is 0.475. The smallest absolute Gasteiger partial charge is 0.0308 e. The molecule has 1 aliphatic carbocycles. The molecule has 1 aliphatic heterocycles. The average molecular weight is 270 g/mol. The second kappa shape index (κ2) is 7.16. The fourth-order valence-corrected chi connectivity index (χ4v) is 4.30. The summed E-state index contributed by atoms with van der Waals surface area (Å²) in [5, 5.41) is 3.86. The highest BCUT2D eigenvalue weighted by molar-refractivity contribution is 7.99. The van der Waals surface area contributed by atoms with Gasteiger partial charge in [0.05, 0.1) is 0 Å². The van der Waals surface area contributed by atoms with Crippen LogP contribution in [0.2, 0.25) is 0 Å². The molecule has 1 saturated heterocycles. The van der Waals surface area contributed by atoms with E-state index in [9.17, 15) is 0 Å². The molecule has 2 nitrogen and oxygen atoms in total. The maximum atomic E-state index is 3.86. The molecule has 1 N–H and O–H groups in total. The van der Waals surface area contributed by atoms with E-state index in [1.807, 2.05) is 0 Å². The first-order valence-corrected chi connectivity index (χ1v) is 8.98. The van der Waals surface area contributed by atoms with E-state index in [0.29, 0.717) is 5.54 Å². The van der Waals surface area contributed by atoms with Crippen molar-refractivity contribution in [2.24, 2.45) is 0 Å². The zero-order valence-electron chi connectivity index (χ0n) is 12.2. The van der Waals surface area contributed by atoms with Crippen molar-refractivity contribution in [1.82, 2.24) is 10.2 Å². The molecule has 0 aromatic rings. The van der Waals surface area contributed by atoms with E-state index in [1.165, 1.54) is 69.7 Å². The van der Waals surface area contributed by atoms with E-state index in [1.54, 1.807) is 0 Å². The predicted octanol–water partition coefficient (Wildman–Crippen LogP) is 3.13. The van der Waals surface area contributed by atoms with E-state index in [0.717, 1.165) is 6.04 Å². The Labute approximate surface area is 117 Å². The van der Waals surface area contributed by atoms with Crippen molar-refractivity contribution in [3.8, 4) is 0 Å². The standard InChI is InChI=1S/C15H30N2S/c1-3-18-12-7-14(2)17-11-6-10-16-15(13-17)8-4-5-9-15/h14,16H,3-13H2,1-2H3. The molecule has 0 radical (unpaired) electrons. The Morgan fingerprint density at radius 1 is 1.28 bits per heavy atom. The van der Waals surface area contributed by atoms with Crippen LogP contribution in [0.5, 0.6) is 0 Å². The molecule has 1 saturated carbocycles. The zero-order chi connectivity index (χ0) is 12.8. The van der Waals surface area contributed by atoms with Crippen LogP contribution >= 0.6 is 11.8 Å². The van der Waals surface area contributed by atoms with Crippen molar-refractivity contribution >= 4 is 11.8 Å². The first-order chi connectivity index (χ1) is 8.76. The van der Waals surface area contributed by atoms with Crippen LogP contribution < -0.4 is 5.32 Å². The Kier molecular flexibility index (Phi) is 5.84. The molecule has 1 unspecified atom stereocenters. The second-order valence-electron chi connectivity index (χ2n) is 6.07. The van der Waals surface area contributed by atoms with Crippen molar-refractivity contribution in [3.63, 3.8) is 0 Å². The van der Waals surface area contributed by atoms with Crippen LogP contribution in [-0.4, -0.2) is 47.6 Å². The number of rotatable bonds is 5. The van der Waals surface area contributed by atoms with Crippen LogP contribution in [0.3, 0.4) is 0 Å². The van der Waals surface area contributed by atoms with Crippen molar-refractivity contribution in [3.05, 3.63) is 0 Å². The molecule has 0 bridgehead atoms. The lowest BCUT2D eigenvalue weighted by atomic mass is 9.96. The van der Waals surface area contributed by atoms with Crippen molar-refractivity contribution < 1.29 is 0 Å². The molecule has 0 amide bonds. The Balaban J connectivity index is 1.86. The maximum Gasteiger partial charge on any atom is 0.0308 e. The molecule has 2 fully saturated rings. The predicted molar refractivity (Wildman–Crippen MR) is 82.5 cm³/mol. The highest BCUT2D eigenvalue weighted by atomic mass is 32.2. The first-order valence-electron chi connectivity index (χ1n) is 7.82. The molecule has 18 heavy (non-hydrogen) atoms. The van der Waals surface area contributed by atoms with Crippen LogP contribution in [0.1, 0.15) is 52.4 Å². The molecule has 1 spiro atoms. The Hall–Kier alpha value is 0.270. The van der Waals surface area contributed by atoms with Gasteiger partial charge in [-0.05, 0) is 57.2 Å². The minimum Gasteiger partial charge on any atom is -0.310 e. The summed E-state index contributed by atoms with van der Waals surface area (Å²) in [5.41, 5.74) is 0.475. The molecule has 106 valence electrons. The number of thioether (sulfide) groups is 1. The Morgan fingerprint density at radius 2 is 2.06 bits per heavy atom. The maximum absolute atomic E-state index is 3.86. The highest BCUT2D eigenvalue weighted by Gasteiger charge is 2.37. The van der Waals surface area contributed by atoms with Gasteiger partial charge in [-0.3, -0.25) is 4.90 Å². The molecular formula is C15H30N2S. The lowest BCUT2D eigenvalue weighted by molar-refractivity contribution is 0.162. The average Bonchev–Trinajstić information content (AvgIpc) is 2.70. The van der Waals surface area contributed by atoms with Crippen LogP contribution in [0, 0.1) is 0 Å². The van der Waals surface area contributed by atoms with Gasteiger partial charge in [0, 0.05) is 18.1 Å². The largest absolute Gasteiger partial charge is 0.310 e.